The van der Waals surface area contributed by atoms with Crippen molar-refractivity contribution in [3.63, 3.8) is 0 Å². The Balaban J connectivity index is 2.12. The zero-order valence-electron chi connectivity index (χ0n) is 18.2. The van der Waals surface area contributed by atoms with Crippen LogP contribution in [-0.2, 0) is 14.3 Å². The average molecular weight is 460 g/mol. The van der Waals surface area contributed by atoms with Gasteiger partial charge < -0.3 is 24.6 Å². The predicted molar refractivity (Wildman–Crippen MR) is 121 cm³/mol. The molecule has 0 radical (unpaired) electrons. The molecule has 1 fully saturated rings. The Morgan fingerprint density at radius 3 is 2.47 bits per heavy atom. The number of amides is 1. The molecule has 8 heteroatoms. The minimum atomic E-state index is -0.863. The summed E-state index contributed by atoms with van der Waals surface area (Å²) < 4.78 is 11.1. The molecule has 170 valence electrons. The van der Waals surface area contributed by atoms with Gasteiger partial charge in [0.2, 0.25) is 0 Å². The van der Waals surface area contributed by atoms with Crippen molar-refractivity contribution in [1.82, 2.24) is 4.90 Å². The summed E-state index contributed by atoms with van der Waals surface area (Å²) in [4.78, 5) is 27.3. The number of phenols is 1. The molecule has 1 aliphatic heterocycles. The topological polar surface area (TPSA) is 96.3 Å². The van der Waals surface area contributed by atoms with Gasteiger partial charge in [0.25, 0.3) is 11.7 Å². The van der Waals surface area contributed by atoms with Crippen molar-refractivity contribution < 1.29 is 29.3 Å². The Morgan fingerprint density at radius 1 is 1.16 bits per heavy atom. The van der Waals surface area contributed by atoms with E-state index in [-0.39, 0.29) is 46.9 Å². The van der Waals surface area contributed by atoms with Crippen LogP contribution in [0.2, 0.25) is 5.02 Å². The average Bonchev–Trinajstić information content (AvgIpc) is 3.00. The first kappa shape index (κ1) is 23.6. The summed E-state index contributed by atoms with van der Waals surface area (Å²) in [6.07, 6.45) is -0.0425. The summed E-state index contributed by atoms with van der Waals surface area (Å²) in [6.45, 7) is 6.36. The molecular formula is C24H26ClNO6. The number of likely N-dealkylation sites (tertiary alicyclic amines) is 1. The highest BCUT2D eigenvalue weighted by molar-refractivity contribution is 6.47. The maximum Gasteiger partial charge on any atom is 0.295 e. The van der Waals surface area contributed by atoms with Crippen LogP contribution in [-0.4, -0.2) is 52.7 Å². The Kier molecular flexibility index (Phi) is 7.43. The quantitative estimate of drug-likeness (QED) is 0.347. The van der Waals surface area contributed by atoms with Crippen LogP contribution in [0.1, 0.15) is 37.9 Å². The van der Waals surface area contributed by atoms with Gasteiger partial charge >= 0.3 is 0 Å². The van der Waals surface area contributed by atoms with Gasteiger partial charge in [-0.1, -0.05) is 23.7 Å². The van der Waals surface area contributed by atoms with Crippen molar-refractivity contribution in [2.75, 3.05) is 19.8 Å². The number of hydrogen-bond donors (Lipinski definition) is 2. The predicted octanol–water partition coefficient (Wildman–Crippen LogP) is 4.29. The number of rotatable bonds is 8. The largest absolute Gasteiger partial charge is 0.508 e. The molecule has 2 aromatic carbocycles. The van der Waals surface area contributed by atoms with Crippen LogP contribution in [0.4, 0.5) is 0 Å². The molecule has 32 heavy (non-hydrogen) atoms. The molecule has 1 aliphatic rings. The normalized spacial score (nSPS) is 17.9. The number of aliphatic hydroxyl groups excluding tert-OH is 1. The molecular weight excluding hydrogens is 434 g/mol. The van der Waals surface area contributed by atoms with E-state index in [1.54, 1.807) is 24.3 Å². The Labute approximate surface area is 191 Å². The first-order valence-electron chi connectivity index (χ1n) is 10.4. The Bertz CT molecular complexity index is 1030. The molecule has 7 nitrogen and oxygen atoms in total. The minimum absolute atomic E-state index is 0.0425. The van der Waals surface area contributed by atoms with Crippen molar-refractivity contribution in [3.05, 3.63) is 64.2 Å². The van der Waals surface area contributed by atoms with Gasteiger partial charge in [0, 0.05) is 12.1 Å². The van der Waals surface area contributed by atoms with Crippen LogP contribution < -0.4 is 4.74 Å². The zero-order chi connectivity index (χ0) is 23.4. The molecule has 0 bridgehead atoms. The van der Waals surface area contributed by atoms with E-state index in [1.165, 1.54) is 23.1 Å². The summed E-state index contributed by atoms with van der Waals surface area (Å²) in [5.41, 5.74) is 0.670. The molecule has 1 amide bonds. The number of ether oxygens (including phenoxy) is 2. The van der Waals surface area contributed by atoms with Gasteiger partial charge in [-0.2, -0.15) is 0 Å². The van der Waals surface area contributed by atoms with E-state index in [2.05, 4.69) is 0 Å². The van der Waals surface area contributed by atoms with Gasteiger partial charge in [0.05, 0.1) is 36.0 Å². The van der Waals surface area contributed by atoms with Gasteiger partial charge in [-0.15, -0.1) is 0 Å². The van der Waals surface area contributed by atoms with Crippen LogP contribution in [0.25, 0.3) is 5.76 Å². The third-order valence-electron chi connectivity index (χ3n) is 5.04. The SMILES string of the molecule is CCOc1ccc(Cl)c(/C(O)=C2\C(=O)C(=O)N(CCOC(C)C)C2c2ccc(O)cc2)c1. The summed E-state index contributed by atoms with van der Waals surface area (Å²) in [6, 6.07) is 10.0. The second kappa shape index (κ2) is 10.1. The molecule has 3 rings (SSSR count). The summed E-state index contributed by atoms with van der Waals surface area (Å²) in [5.74, 6) is -1.43. The van der Waals surface area contributed by atoms with Crippen LogP contribution >= 0.6 is 11.6 Å². The number of halogens is 1. The van der Waals surface area contributed by atoms with E-state index in [0.717, 1.165) is 0 Å². The molecule has 2 aromatic rings. The highest BCUT2D eigenvalue weighted by Gasteiger charge is 2.46. The van der Waals surface area contributed by atoms with Gasteiger partial charge in [-0.3, -0.25) is 9.59 Å². The molecule has 1 atom stereocenters. The number of Topliss-reactive ketones (excluding diaryl/α,β-unsaturated/α-hetero) is 1. The number of phenolic OH excluding ortho intramolecular Hbond substituents is 1. The highest BCUT2D eigenvalue weighted by Crippen LogP contribution is 2.41. The lowest BCUT2D eigenvalue weighted by Gasteiger charge is -2.25. The Morgan fingerprint density at radius 2 is 1.84 bits per heavy atom. The zero-order valence-corrected chi connectivity index (χ0v) is 18.9. The standard InChI is InChI=1S/C24H26ClNO6/c1-4-31-17-9-10-19(25)18(13-17)22(28)20-21(15-5-7-16(27)8-6-15)26(24(30)23(20)29)11-12-32-14(2)3/h5-10,13-14,21,27-28H,4,11-12H2,1-3H3/b22-20+. The van der Waals surface area contributed by atoms with E-state index in [0.29, 0.717) is 17.9 Å². The van der Waals surface area contributed by atoms with Crippen molar-refractivity contribution in [2.45, 2.75) is 32.9 Å². The molecule has 1 heterocycles. The third kappa shape index (κ3) is 4.89. The van der Waals surface area contributed by atoms with E-state index >= 15 is 0 Å². The van der Waals surface area contributed by atoms with Crippen molar-refractivity contribution in [1.29, 1.82) is 0 Å². The Hall–Kier alpha value is -3.03. The summed E-state index contributed by atoms with van der Waals surface area (Å²) in [7, 11) is 0. The minimum Gasteiger partial charge on any atom is -0.508 e. The molecule has 0 aromatic heterocycles. The lowest BCUT2D eigenvalue weighted by atomic mass is 9.95. The number of hydrogen-bond acceptors (Lipinski definition) is 6. The fourth-order valence-corrected chi connectivity index (χ4v) is 3.80. The number of aromatic hydroxyl groups is 1. The first-order valence-corrected chi connectivity index (χ1v) is 10.7. The van der Waals surface area contributed by atoms with Crippen molar-refractivity contribution >= 4 is 29.1 Å². The second-order valence-electron chi connectivity index (χ2n) is 7.58. The van der Waals surface area contributed by atoms with E-state index in [4.69, 9.17) is 21.1 Å². The lowest BCUT2D eigenvalue weighted by molar-refractivity contribution is -0.140. The van der Waals surface area contributed by atoms with Gasteiger partial charge in [0.1, 0.15) is 17.3 Å². The van der Waals surface area contributed by atoms with E-state index in [1.807, 2.05) is 20.8 Å². The monoisotopic (exact) mass is 459 g/mol. The maximum absolute atomic E-state index is 13.0. The molecule has 2 N–H and O–H groups in total. The van der Waals surface area contributed by atoms with Gasteiger partial charge in [0.15, 0.2) is 0 Å². The van der Waals surface area contributed by atoms with Crippen molar-refractivity contribution in [2.24, 2.45) is 0 Å². The number of carbonyl (C=O) groups is 2. The lowest BCUT2D eigenvalue weighted by Crippen LogP contribution is -2.33. The first-order chi connectivity index (χ1) is 15.2. The van der Waals surface area contributed by atoms with Crippen molar-refractivity contribution in [3.8, 4) is 11.5 Å². The molecule has 1 unspecified atom stereocenters. The number of benzene rings is 2. The number of ketones is 1. The van der Waals surface area contributed by atoms with Crippen LogP contribution in [0.15, 0.2) is 48.0 Å². The van der Waals surface area contributed by atoms with Crippen LogP contribution in [0.3, 0.4) is 0 Å². The highest BCUT2D eigenvalue weighted by atomic mass is 35.5. The van der Waals surface area contributed by atoms with Crippen LogP contribution in [0.5, 0.6) is 11.5 Å². The second-order valence-corrected chi connectivity index (χ2v) is 7.99. The fraction of sp³-hybridized carbons (Fsp3) is 0.333. The van der Waals surface area contributed by atoms with Crippen LogP contribution in [0, 0.1) is 0 Å². The molecule has 0 saturated carbocycles. The fourth-order valence-electron chi connectivity index (χ4n) is 3.59. The molecule has 0 aliphatic carbocycles. The summed E-state index contributed by atoms with van der Waals surface area (Å²) in [5, 5.41) is 21.1. The third-order valence-corrected chi connectivity index (χ3v) is 5.37. The smallest absolute Gasteiger partial charge is 0.295 e. The van der Waals surface area contributed by atoms with E-state index in [9.17, 15) is 19.8 Å². The maximum atomic E-state index is 13.0. The number of nitrogens with zero attached hydrogens (tertiary/aromatic N) is 1. The number of carbonyl (C=O) groups excluding carboxylic acids is 2. The summed E-state index contributed by atoms with van der Waals surface area (Å²) >= 11 is 6.31. The molecule has 0 spiro atoms. The number of aliphatic hydroxyl groups is 1. The van der Waals surface area contributed by atoms with E-state index < -0.39 is 17.7 Å². The van der Waals surface area contributed by atoms with Gasteiger partial charge in [-0.05, 0) is 56.7 Å². The van der Waals surface area contributed by atoms with Gasteiger partial charge in [-0.25, -0.2) is 0 Å². The molecule has 1 saturated heterocycles.